The molecule has 3 N–H and O–H groups in total. The van der Waals surface area contributed by atoms with Gasteiger partial charge in [-0.3, -0.25) is 0 Å². The number of hydrogen-bond acceptors (Lipinski definition) is 5. The van der Waals surface area contributed by atoms with E-state index in [1.807, 2.05) is 13.8 Å². The summed E-state index contributed by atoms with van der Waals surface area (Å²) in [6.45, 7) is 4.49. The molecule has 0 aliphatic carbocycles. The highest BCUT2D eigenvalue weighted by Crippen LogP contribution is 2.30. The van der Waals surface area contributed by atoms with Gasteiger partial charge in [0.25, 0.3) is 0 Å². The van der Waals surface area contributed by atoms with Crippen LogP contribution in [0.2, 0.25) is 0 Å². The molecule has 0 fully saturated rings. The van der Waals surface area contributed by atoms with Gasteiger partial charge in [0, 0.05) is 26.3 Å². The van der Waals surface area contributed by atoms with E-state index in [0.717, 1.165) is 12.5 Å². The van der Waals surface area contributed by atoms with E-state index in [9.17, 15) is 13.2 Å². The largest absolute Gasteiger partial charge is 0.433 e. The minimum Gasteiger partial charge on any atom is -0.396 e. The predicted octanol–water partition coefficient (Wildman–Crippen LogP) is 2.75. The maximum atomic E-state index is 12.8. The topological polar surface area (TPSA) is 70.1 Å². The van der Waals surface area contributed by atoms with Crippen molar-refractivity contribution in [1.82, 2.24) is 9.97 Å². The Kier molecular flexibility index (Phi) is 5.77. The lowest BCUT2D eigenvalue weighted by Crippen LogP contribution is -2.24. The lowest BCUT2D eigenvalue weighted by molar-refractivity contribution is -0.141. The molecule has 1 heterocycles. The fraction of sp³-hybridized carbons (Fsp3) is 0.692. The number of rotatable bonds is 7. The van der Waals surface area contributed by atoms with Crippen LogP contribution >= 0.6 is 0 Å². The summed E-state index contributed by atoms with van der Waals surface area (Å²) in [4.78, 5) is 7.36. The Balaban J connectivity index is 2.83. The molecule has 1 aromatic rings. The van der Waals surface area contributed by atoms with Crippen LogP contribution in [0.25, 0.3) is 0 Å². The summed E-state index contributed by atoms with van der Waals surface area (Å²) in [6, 6.07) is 0.892. The summed E-state index contributed by atoms with van der Waals surface area (Å²) >= 11 is 0. The molecule has 0 aliphatic rings. The molecule has 0 saturated heterocycles. The van der Waals surface area contributed by atoms with Crippen LogP contribution in [-0.2, 0) is 6.18 Å². The normalized spacial score (nSPS) is 12.3. The van der Waals surface area contributed by atoms with E-state index in [-0.39, 0.29) is 23.8 Å². The van der Waals surface area contributed by atoms with Crippen LogP contribution in [0.3, 0.4) is 0 Å². The van der Waals surface area contributed by atoms with Gasteiger partial charge in [-0.2, -0.15) is 18.2 Å². The molecular weight excluding hydrogens is 285 g/mol. The summed E-state index contributed by atoms with van der Waals surface area (Å²) in [7, 11) is 1.46. The van der Waals surface area contributed by atoms with Crippen molar-refractivity contribution in [2.24, 2.45) is 5.41 Å². The smallest absolute Gasteiger partial charge is 0.396 e. The Morgan fingerprint density at radius 3 is 2.43 bits per heavy atom. The molecule has 0 unspecified atom stereocenters. The van der Waals surface area contributed by atoms with Gasteiger partial charge in [0.05, 0.1) is 0 Å². The summed E-state index contributed by atoms with van der Waals surface area (Å²) in [6.07, 6.45) is -3.11. The fourth-order valence-corrected chi connectivity index (χ4v) is 1.77. The van der Waals surface area contributed by atoms with Gasteiger partial charge in [0.1, 0.15) is 5.82 Å². The monoisotopic (exact) mass is 306 g/mol. The van der Waals surface area contributed by atoms with Gasteiger partial charge in [0.2, 0.25) is 5.95 Å². The second-order valence-electron chi connectivity index (χ2n) is 5.55. The van der Waals surface area contributed by atoms with E-state index in [1.54, 1.807) is 0 Å². The minimum atomic E-state index is -4.52. The van der Waals surface area contributed by atoms with Crippen LogP contribution in [-0.4, -0.2) is 35.3 Å². The number of halogens is 3. The van der Waals surface area contributed by atoms with Crippen molar-refractivity contribution < 1.29 is 18.3 Å². The van der Waals surface area contributed by atoms with Gasteiger partial charge in [-0.25, -0.2) is 4.98 Å². The second kappa shape index (κ2) is 6.93. The number of nitrogens with one attached hydrogen (secondary N) is 2. The maximum Gasteiger partial charge on any atom is 0.433 e. The average molecular weight is 306 g/mol. The van der Waals surface area contributed by atoms with Crippen LogP contribution in [0.15, 0.2) is 6.07 Å². The summed E-state index contributed by atoms with van der Waals surface area (Å²) in [5, 5.41) is 14.3. The van der Waals surface area contributed by atoms with Crippen molar-refractivity contribution in [3.8, 4) is 0 Å². The van der Waals surface area contributed by atoms with Gasteiger partial charge in [0.15, 0.2) is 5.69 Å². The number of hydrogen-bond donors (Lipinski definition) is 3. The summed E-state index contributed by atoms with van der Waals surface area (Å²) in [5.74, 6) is 0.0410. The van der Waals surface area contributed by atoms with Gasteiger partial charge in [-0.1, -0.05) is 13.8 Å². The van der Waals surface area contributed by atoms with E-state index >= 15 is 0 Å². The lowest BCUT2D eigenvalue weighted by Gasteiger charge is -2.25. The minimum absolute atomic E-state index is 0.0829. The average Bonchev–Trinajstić information content (AvgIpc) is 2.42. The Labute approximate surface area is 122 Å². The molecule has 0 spiro atoms. The van der Waals surface area contributed by atoms with Crippen molar-refractivity contribution in [2.45, 2.75) is 32.9 Å². The third-order valence-corrected chi connectivity index (χ3v) is 3.00. The van der Waals surface area contributed by atoms with Gasteiger partial charge >= 0.3 is 6.18 Å². The third-order valence-electron chi connectivity index (χ3n) is 3.00. The van der Waals surface area contributed by atoms with E-state index < -0.39 is 11.9 Å². The van der Waals surface area contributed by atoms with E-state index in [0.29, 0.717) is 13.0 Å². The Morgan fingerprint density at radius 1 is 1.24 bits per heavy atom. The van der Waals surface area contributed by atoms with Crippen LogP contribution < -0.4 is 10.6 Å². The van der Waals surface area contributed by atoms with Gasteiger partial charge < -0.3 is 15.7 Å². The highest BCUT2D eigenvalue weighted by atomic mass is 19.4. The Hall–Kier alpha value is -1.57. The predicted molar refractivity (Wildman–Crippen MR) is 75.2 cm³/mol. The second-order valence-corrected chi connectivity index (χ2v) is 5.55. The molecule has 21 heavy (non-hydrogen) atoms. The first kappa shape index (κ1) is 17.5. The fourth-order valence-electron chi connectivity index (χ4n) is 1.77. The van der Waals surface area contributed by atoms with E-state index in [1.165, 1.54) is 7.05 Å². The lowest BCUT2D eigenvalue weighted by atomic mass is 9.88. The highest BCUT2D eigenvalue weighted by molar-refractivity contribution is 5.43. The zero-order valence-electron chi connectivity index (χ0n) is 12.4. The van der Waals surface area contributed by atoms with E-state index in [4.69, 9.17) is 5.11 Å². The molecular formula is C13H21F3N4O. The van der Waals surface area contributed by atoms with Crippen molar-refractivity contribution in [3.05, 3.63) is 11.8 Å². The van der Waals surface area contributed by atoms with Crippen LogP contribution in [0.5, 0.6) is 0 Å². The molecule has 1 rings (SSSR count). The molecule has 0 bridgehead atoms. The van der Waals surface area contributed by atoms with Crippen LogP contribution in [0.1, 0.15) is 32.4 Å². The van der Waals surface area contributed by atoms with Gasteiger partial charge in [-0.15, -0.1) is 0 Å². The molecule has 0 radical (unpaired) electrons. The Morgan fingerprint density at radius 2 is 1.90 bits per heavy atom. The molecule has 0 amide bonds. The van der Waals surface area contributed by atoms with Crippen molar-refractivity contribution >= 4 is 11.8 Å². The number of anilines is 2. The zero-order chi connectivity index (χ0) is 16.1. The van der Waals surface area contributed by atoms with Crippen molar-refractivity contribution in [3.63, 3.8) is 0 Å². The Bertz CT molecular complexity index is 463. The first-order valence-electron chi connectivity index (χ1n) is 6.67. The zero-order valence-corrected chi connectivity index (χ0v) is 12.4. The quantitative estimate of drug-likeness (QED) is 0.722. The maximum absolute atomic E-state index is 12.8. The van der Waals surface area contributed by atoms with Crippen LogP contribution in [0, 0.1) is 5.41 Å². The van der Waals surface area contributed by atoms with Crippen LogP contribution in [0.4, 0.5) is 24.9 Å². The molecule has 5 nitrogen and oxygen atoms in total. The van der Waals surface area contributed by atoms with Gasteiger partial charge in [-0.05, 0) is 18.3 Å². The molecule has 0 aromatic carbocycles. The third kappa shape index (κ3) is 5.74. The molecule has 0 aliphatic heterocycles. The van der Waals surface area contributed by atoms with Crippen molar-refractivity contribution in [2.75, 3.05) is 30.8 Å². The molecule has 8 heteroatoms. The molecule has 1 aromatic heterocycles. The number of alkyl halides is 3. The molecule has 0 saturated carbocycles. The first-order valence-corrected chi connectivity index (χ1v) is 6.67. The molecule has 120 valence electrons. The highest BCUT2D eigenvalue weighted by Gasteiger charge is 2.33. The number of aliphatic hydroxyl groups is 1. The van der Waals surface area contributed by atoms with E-state index in [2.05, 4.69) is 20.6 Å². The summed E-state index contributed by atoms with van der Waals surface area (Å²) in [5.41, 5.74) is -1.15. The number of aliphatic hydroxyl groups excluding tert-OH is 1. The SMILES string of the molecule is CNc1nc(NCC(C)(C)CCCO)cc(C(F)(F)F)n1. The first-order chi connectivity index (χ1) is 9.68. The summed E-state index contributed by atoms with van der Waals surface area (Å²) < 4.78 is 38.3. The standard InChI is InChI=1S/C13H21F3N4O/c1-12(2,5-4-6-21)8-18-10-7-9(13(14,15)16)19-11(17-3)20-10/h7,21H,4-6,8H2,1-3H3,(H2,17,18,19,20). The molecule has 0 atom stereocenters. The number of aromatic nitrogens is 2. The van der Waals surface area contributed by atoms with Crippen molar-refractivity contribution in [1.29, 1.82) is 0 Å². The number of nitrogens with zero attached hydrogens (tertiary/aromatic N) is 2.